The molecule has 1 saturated heterocycles. The van der Waals surface area contributed by atoms with Crippen LogP contribution in [0.3, 0.4) is 0 Å². The second kappa shape index (κ2) is 8.70. The van der Waals surface area contributed by atoms with E-state index < -0.39 is 11.2 Å². The van der Waals surface area contributed by atoms with Crippen LogP contribution < -0.4 is 11.2 Å². The molecule has 0 unspecified atom stereocenters. The monoisotopic (exact) mass is 461 g/mol. The fraction of sp³-hybridized carbons (Fsp3) is 0.250. The maximum absolute atomic E-state index is 13.5. The molecule has 0 spiro atoms. The van der Waals surface area contributed by atoms with Gasteiger partial charge in [0, 0.05) is 11.6 Å². The molecule has 33 heavy (non-hydrogen) atoms. The summed E-state index contributed by atoms with van der Waals surface area (Å²) >= 11 is 6.04. The van der Waals surface area contributed by atoms with E-state index in [9.17, 15) is 14.9 Å². The van der Waals surface area contributed by atoms with Crippen molar-refractivity contribution in [2.24, 2.45) is 0 Å². The summed E-state index contributed by atoms with van der Waals surface area (Å²) in [4.78, 5) is 31.5. The van der Waals surface area contributed by atoms with Crippen molar-refractivity contribution in [3.05, 3.63) is 91.8 Å². The Labute approximate surface area is 193 Å². The van der Waals surface area contributed by atoms with Gasteiger partial charge in [0.15, 0.2) is 11.2 Å². The first-order valence-electron chi connectivity index (χ1n) is 10.6. The van der Waals surface area contributed by atoms with Gasteiger partial charge in [-0.1, -0.05) is 29.8 Å². The van der Waals surface area contributed by atoms with Gasteiger partial charge < -0.3 is 9.30 Å². The van der Waals surface area contributed by atoms with Crippen LogP contribution in [-0.2, 0) is 17.8 Å². The predicted octanol–water partition coefficient (Wildman–Crippen LogP) is 3.10. The Balaban J connectivity index is 1.73. The second-order valence-electron chi connectivity index (χ2n) is 7.96. The number of fused-ring (bicyclic) bond motifs is 1. The molecule has 0 saturated carbocycles. The molecule has 166 valence electrons. The van der Waals surface area contributed by atoms with Crippen LogP contribution >= 0.6 is 11.6 Å². The van der Waals surface area contributed by atoms with Gasteiger partial charge in [0.1, 0.15) is 0 Å². The van der Waals surface area contributed by atoms with E-state index in [0.717, 1.165) is 18.4 Å². The normalized spacial score (nSPS) is 15.7. The van der Waals surface area contributed by atoms with Gasteiger partial charge >= 0.3 is 5.69 Å². The van der Waals surface area contributed by atoms with Crippen molar-refractivity contribution in [2.45, 2.75) is 32.0 Å². The van der Waals surface area contributed by atoms with E-state index in [4.69, 9.17) is 16.3 Å². The first kappa shape index (κ1) is 21.2. The zero-order chi connectivity index (χ0) is 22.9. The number of nitriles is 1. The van der Waals surface area contributed by atoms with Crippen molar-refractivity contribution < 1.29 is 4.74 Å². The first-order chi connectivity index (χ1) is 16.1. The Morgan fingerprint density at radius 2 is 1.94 bits per heavy atom. The highest BCUT2D eigenvalue weighted by Gasteiger charge is 2.23. The minimum absolute atomic E-state index is 0.168. The van der Waals surface area contributed by atoms with Gasteiger partial charge in [-0.3, -0.25) is 9.36 Å². The maximum Gasteiger partial charge on any atom is 0.337 e. The quantitative estimate of drug-likeness (QED) is 0.455. The lowest BCUT2D eigenvalue weighted by Crippen LogP contribution is -2.42. The van der Waals surface area contributed by atoms with Crippen LogP contribution in [-0.4, -0.2) is 31.4 Å². The van der Waals surface area contributed by atoms with E-state index in [1.54, 1.807) is 41.0 Å². The number of hydrogen-bond acceptors (Lipinski definition) is 5. The lowest BCUT2D eigenvalue weighted by atomic mass is 10.1. The molecule has 0 radical (unpaired) electrons. The molecule has 8 nitrogen and oxygen atoms in total. The van der Waals surface area contributed by atoms with Crippen molar-refractivity contribution in [1.82, 2.24) is 18.7 Å². The lowest BCUT2D eigenvalue weighted by Gasteiger charge is -2.15. The number of rotatable bonds is 5. The minimum Gasteiger partial charge on any atom is -0.376 e. The maximum atomic E-state index is 13.5. The minimum atomic E-state index is -0.479. The number of ether oxygens (including phenoxy) is 1. The molecule has 1 atom stereocenters. The van der Waals surface area contributed by atoms with Gasteiger partial charge in [-0.05, 0) is 48.7 Å². The number of nitrogens with zero attached hydrogens (tertiary/aromatic N) is 5. The van der Waals surface area contributed by atoms with Crippen LogP contribution in [0.25, 0.3) is 16.9 Å². The molecule has 1 aliphatic rings. The Morgan fingerprint density at radius 1 is 1.15 bits per heavy atom. The number of halogens is 1. The number of imidazole rings is 1. The molecule has 0 aliphatic carbocycles. The molecule has 0 amide bonds. The van der Waals surface area contributed by atoms with Gasteiger partial charge in [0.25, 0.3) is 5.56 Å². The molecule has 2 aromatic heterocycles. The summed E-state index contributed by atoms with van der Waals surface area (Å²) < 4.78 is 10.0. The van der Waals surface area contributed by atoms with E-state index in [1.807, 2.05) is 12.1 Å². The zero-order valence-corrected chi connectivity index (χ0v) is 18.4. The highest BCUT2D eigenvalue weighted by Crippen LogP contribution is 2.19. The van der Waals surface area contributed by atoms with E-state index in [2.05, 4.69) is 11.1 Å². The molecular formula is C24H20ClN5O3. The van der Waals surface area contributed by atoms with E-state index in [0.29, 0.717) is 22.9 Å². The van der Waals surface area contributed by atoms with Crippen molar-refractivity contribution in [1.29, 1.82) is 5.26 Å². The van der Waals surface area contributed by atoms with Crippen molar-refractivity contribution >= 4 is 22.8 Å². The van der Waals surface area contributed by atoms with Crippen molar-refractivity contribution in [2.75, 3.05) is 6.61 Å². The number of hydrogen-bond donors (Lipinski definition) is 0. The summed E-state index contributed by atoms with van der Waals surface area (Å²) in [5.41, 5.74) is 1.47. The van der Waals surface area contributed by atoms with Crippen LogP contribution in [0.15, 0.2) is 64.4 Å². The van der Waals surface area contributed by atoms with Gasteiger partial charge in [0.05, 0.1) is 42.8 Å². The molecule has 4 aromatic rings. The highest BCUT2D eigenvalue weighted by molar-refractivity contribution is 6.30. The fourth-order valence-electron chi connectivity index (χ4n) is 4.23. The highest BCUT2D eigenvalue weighted by atomic mass is 35.5. The number of aromatic nitrogens is 4. The van der Waals surface area contributed by atoms with E-state index in [-0.39, 0.29) is 30.4 Å². The van der Waals surface area contributed by atoms with Gasteiger partial charge in [-0.15, -0.1) is 0 Å². The zero-order valence-electron chi connectivity index (χ0n) is 17.6. The average molecular weight is 462 g/mol. The van der Waals surface area contributed by atoms with Gasteiger partial charge in [-0.25, -0.2) is 14.3 Å². The summed E-state index contributed by atoms with van der Waals surface area (Å²) in [5, 5.41) is 10.00. The van der Waals surface area contributed by atoms with Crippen LogP contribution in [0.1, 0.15) is 24.0 Å². The Hall–Kier alpha value is -3.67. The third-order valence-electron chi connectivity index (χ3n) is 5.87. The largest absolute Gasteiger partial charge is 0.376 e. The molecule has 0 N–H and O–H groups in total. The molecule has 5 rings (SSSR count). The van der Waals surface area contributed by atoms with Crippen molar-refractivity contribution in [3.8, 4) is 11.8 Å². The molecular weight excluding hydrogens is 442 g/mol. The third-order valence-corrected chi connectivity index (χ3v) is 6.13. The third kappa shape index (κ3) is 3.86. The molecule has 9 heteroatoms. The molecule has 3 heterocycles. The standard InChI is InChI=1S/C24H20ClN5O3/c25-18-7-9-19(10-8-18)30-22-21(23(31)29(24(30)32)14-20-6-3-11-33-20)28(15-27-22)13-17-5-2-1-4-16(17)12-26/h1-2,4-5,7-10,15,20H,3,6,11,13-14H2/t20-/m1/s1. The van der Waals surface area contributed by atoms with Gasteiger partial charge in [0.2, 0.25) is 0 Å². The fourth-order valence-corrected chi connectivity index (χ4v) is 4.35. The Kier molecular flexibility index (Phi) is 5.58. The van der Waals surface area contributed by atoms with Crippen LogP contribution in [0, 0.1) is 11.3 Å². The Morgan fingerprint density at radius 3 is 2.67 bits per heavy atom. The van der Waals surface area contributed by atoms with E-state index in [1.165, 1.54) is 15.5 Å². The first-order valence-corrected chi connectivity index (χ1v) is 11.0. The molecule has 2 aromatic carbocycles. The predicted molar refractivity (Wildman–Crippen MR) is 124 cm³/mol. The summed E-state index contributed by atoms with van der Waals surface area (Å²) in [6.07, 6.45) is 3.03. The molecule has 1 fully saturated rings. The summed E-state index contributed by atoms with van der Waals surface area (Å²) in [5.74, 6) is 0. The van der Waals surface area contributed by atoms with Crippen LogP contribution in [0.2, 0.25) is 5.02 Å². The SMILES string of the molecule is N#Cc1ccccc1Cn1cnc2c1c(=O)n(C[C@H]1CCCO1)c(=O)n2-c1ccc(Cl)cc1. The smallest absolute Gasteiger partial charge is 0.337 e. The molecule has 1 aliphatic heterocycles. The summed E-state index contributed by atoms with van der Waals surface area (Å²) in [6, 6.07) is 16.2. The van der Waals surface area contributed by atoms with Crippen LogP contribution in [0.4, 0.5) is 0 Å². The lowest BCUT2D eigenvalue weighted by molar-refractivity contribution is 0.0950. The van der Waals surface area contributed by atoms with Crippen molar-refractivity contribution in [3.63, 3.8) is 0 Å². The average Bonchev–Trinajstić information content (AvgIpc) is 3.49. The Bertz CT molecular complexity index is 1490. The molecule has 0 bridgehead atoms. The van der Waals surface area contributed by atoms with E-state index >= 15 is 0 Å². The van der Waals surface area contributed by atoms with Crippen LogP contribution in [0.5, 0.6) is 0 Å². The topological polar surface area (TPSA) is 94.8 Å². The van der Waals surface area contributed by atoms with Gasteiger partial charge in [-0.2, -0.15) is 5.26 Å². The summed E-state index contributed by atoms with van der Waals surface area (Å²) in [6.45, 7) is 1.06. The summed E-state index contributed by atoms with van der Waals surface area (Å²) in [7, 11) is 0. The second-order valence-corrected chi connectivity index (χ2v) is 8.40. The number of benzene rings is 2.